The minimum absolute atomic E-state index is 0.223. The van der Waals surface area contributed by atoms with Gasteiger partial charge in [0.1, 0.15) is 5.52 Å². The Morgan fingerprint density at radius 2 is 1.73 bits per heavy atom. The van der Waals surface area contributed by atoms with Gasteiger partial charge in [0.15, 0.2) is 5.58 Å². The zero-order valence-electron chi connectivity index (χ0n) is 7.62. The molecule has 0 unspecified atom stereocenters. The number of nitrogen functional groups attached to an aromatic ring is 1. The average Bonchev–Trinajstić information content (AvgIpc) is 2.40. The maximum absolute atomic E-state index is 9.19. The Bertz CT molecular complexity index is 507. The van der Waals surface area contributed by atoms with E-state index in [0.717, 1.165) is 11.1 Å². The smallest absolute Gasteiger partial charge is 0.292 e. The fraction of sp³-hybridized carbons (Fsp3) is 0. The number of benzene rings is 1. The molecular formula is C7H10N4O3S. The van der Waals surface area contributed by atoms with Crippen molar-refractivity contribution in [2.45, 2.75) is 0 Å². The van der Waals surface area contributed by atoms with Crippen molar-refractivity contribution in [3.63, 3.8) is 0 Å². The van der Waals surface area contributed by atoms with Crippen molar-refractivity contribution < 1.29 is 12.8 Å². The van der Waals surface area contributed by atoms with Gasteiger partial charge in [0.2, 0.25) is 0 Å². The second-order valence-electron chi connectivity index (χ2n) is 2.61. The maximum Gasteiger partial charge on any atom is 0.292 e. The van der Waals surface area contributed by atoms with Crippen molar-refractivity contribution in [2.24, 2.45) is 10.3 Å². The minimum atomic E-state index is -3.67. The highest BCUT2D eigenvalue weighted by Crippen LogP contribution is 2.14. The highest BCUT2D eigenvalue weighted by Gasteiger charge is 1.97. The summed E-state index contributed by atoms with van der Waals surface area (Å²) in [6.07, 6.45) is 0. The van der Waals surface area contributed by atoms with Crippen LogP contribution in [0.3, 0.4) is 0 Å². The highest BCUT2D eigenvalue weighted by atomic mass is 32.2. The van der Waals surface area contributed by atoms with Gasteiger partial charge in [-0.1, -0.05) is 12.1 Å². The summed E-state index contributed by atoms with van der Waals surface area (Å²) < 4.78 is 23.4. The maximum atomic E-state index is 9.19. The monoisotopic (exact) mass is 230 g/mol. The number of nitrogens with two attached hydrogens (primary N) is 3. The van der Waals surface area contributed by atoms with Crippen LogP contribution in [-0.4, -0.2) is 13.4 Å². The molecule has 1 aromatic carbocycles. The van der Waals surface area contributed by atoms with Crippen molar-refractivity contribution in [3.05, 3.63) is 24.3 Å². The number of oxazole rings is 1. The molecule has 2 rings (SSSR count). The van der Waals surface area contributed by atoms with Crippen LogP contribution in [0.2, 0.25) is 0 Å². The molecule has 0 saturated carbocycles. The standard InChI is InChI=1S/C7H6N2O.H4N2O2S/c8-7-9-5-3-1-2-4-6(5)10-7;1-5(2,3)4/h1-4H,(H2,8,9);(H4,1,2,3,4). The van der Waals surface area contributed by atoms with Crippen LogP contribution in [0.25, 0.3) is 11.1 Å². The van der Waals surface area contributed by atoms with E-state index in [0.29, 0.717) is 0 Å². The number of hydrogen-bond acceptors (Lipinski definition) is 5. The summed E-state index contributed by atoms with van der Waals surface area (Å²) in [5, 5.41) is 8.21. The lowest BCUT2D eigenvalue weighted by molar-refractivity contribution is 0.599. The van der Waals surface area contributed by atoms with E-state index >= 15 is 0 Å². The Kier molecular flexibility index (Phi) is 3.24. The molecule has 0 spiro atoms. The molecule has 82 valence electrons. The zero-order valence-corrected chi connectivity index (χ0v) is 8.44. The summed E-state index contributed by atoms with van der Waals surface area (Å²) in [7, 11) is -3.67. The van der Waals surface area contributed by atoms with E-state index < -0.39 is 10.2 Å². The average molecular weight is 230 g/mol. The number of nitrogens with zero attached hydrogens (tertiary/aromatic N) is 1. The molecule has 7 nitrogen and oxygen atoms in total. The van der Waals surface area contributed by atoms with Crippen LogP contribution < -0.4 is 16.0 Å². The van der Waals surface area contributed by atoms with Crippen LogP contribution in [0.15, 0.2) is 28.7 Å². The number of anilines is 1. The van der Waals surface area contributed by atoms with E-state index in [1.807, 2.05) is 24.3 Å². The molecule has 2 aromatic rings. The van der Waals surface area contributed by atoms with Gasteiger partial charge in [-0.15, -0.1) is 0 Å². The first-order valence-electron chi connectivity index (χ1n) is 3.78. The first kappa shape index (κ1) is 11.4. The van der Waals surface area contributed by atoms with Gasteiger partial charge in [-0.05, 0) is 12.1 Å². The summed E-state index contributed by atoms with van der Waals surface area (Å²) in [4.78, 5) is 3.92. The Labute approximate surface area is 86.0 Å². The fourth-order valence-corrected chi connectivity index (χ4v) is 0.890. The van der Waals surface area contributed by atoms with Gasteiger partial charge >= 0.3 is 0 Å². The van der Waals surface area contributed by atoms with E-state index in [2.05, 4.69) is 15.3 Å². The Morgan fingerprint density at radius 1 is 1.20 bits per heavy atom. The van der Waals surface area contributed by atoms with Crippen molar-refractivity contribution in [1.29, 1.82) is 0 Å². The van der Waals surface area contributed by atoms with Gasteiger partial charge in [0.25, 0.3) is 16.2 Å². The van der Waals surface area contributed by atoms with E-state index in [1.165, 1.54) is 0 Å². The number of rotatable bonds is 0. The summed E-state index contributed by atoms with van der Waals surface area (Å²) in [5.74, 6) is 0. The molecule has 0 aliphatic rings. The number of para-hydroxylation sites is 2. The second-order valence-corrected chi connectivity index (χ2v) is 3.79. The van der Waals surface area contributed by atoms with Crippen LogP contribution in [0, 0.1) is 0 Å². The summed E-state index contributed by atoms with van der Waals surface area (Å²) in [5.41, 5.74) is 6.85. The lowest BCUT2D eigenvalue weighted by atomic mass is 10.3. The van der Waals surface area contributed by atoms with Crippen LogP contribution in [0.5, 0.6) is 0 Å². The van der Waals surface area contributed by atoms with Gasteiger partial charge in [-0.25, -0.2) is 10.3 Å². The lowest BCUT2D eigenvalue weighted by Gasteiger charge is -1.79. The first-order chi connectivity index (χ1) is 6.86. The molecule has 0 bridgehead atoms. The zero-order chi connectivity index (χ0) is 11.5. The third-order valence-electron chi connectivity index (χ3n) is 1.31. The predicted molar refractivity (Wildman–Crippen MR) is 55.7 cm³/mol. The third kappa shape index (κ3) is 4.40. The Morgan fingerprint density at radius 3 is 2.27 bits per heavy atom. The molecular weight excluding hydrogens is 220 g/mol. The third-order valence-corrected chi connectivity index (χ3v) is 1.31. The van der Waals surface area contributed by atoms with Crippen molar-refractivity contribution >= 4 is 27.3 Å². The minimum Gasteiger partial charge on any atom is -0.424 e. The quantitative estimate of drug-likeness (QED) is 0.563. The van der Waals surface area contributed by atoms with Gasteiger partial charge < -0.3 is 10.2 Å². The molecule has 6 N–H and O–H groups in total. The van der Waals surface area contributed by atoms with Crippen LogP contribution in [-0.2, 0) is 10.2 Å². The van der Waals surface area contributed by atoms with Crippen molar-refractivity contribution in [3.8, 4) is 0 Å². The summed E-state index contributed by atoms with van der Waals surface area (Å²) in [6.45, 7) is 0. The molecule has 0 radical (unpaired) electrons. The molecule has 0 aliphatic heterocycles. The summed E-state index contributed by atoms with van der Waals surface area (Å²) in [6, 6.07) is 7.69. The number of fused-ring (bicyclic) bond motifs is 1. The van der Waals surface area contributed by atoms with Gasteiger partial charge in [0, 0.05) is 0 Å². The van der Waals surface area contributed by atoms with E-state index in [4.69, 9.17) is 10.2 Å². The highest BCUT2D eigenvalue weighted by molar-refractivity contribution is 7.86. The van der Waals surface area contributed by atoms with Gasteiger partial charge in [-0.3, -0.25) is 0 Å². The van der Waals surface area contributed by atoms with Crippen LogP contribution in [0.1, 0.15) is 0 Å². The summed E-state index contributed by atoms with van der Waals surface area (Å²) >= 11 is 0. The molecule has 15 heavy (non-hydrogen) atoms. The molecule has 0 aliphatic carbocycles. The van der Waals surface area contributed by atoms with E-state index in [9.17, 15) is 8.42 Å². The van der Waals surface area contributed by atoms with Gasteiger partial charge in [-0.2, -0.15) is 13.4 Å². The van der Waals surface area contributed by atoms with Crippen molar-refractivity contribution in [2.75, 3.05) is 5.73 Å². The molecule has 0 amide bonds. The van der Waals surface area contributed by atoms with E-state index in [-0.39, 0.29) is 6.01 Å². The number of aromatic nitrogens is 1. The topological polar surface area (TPSA) is 138 Å². The normalized spacial score (nSPS) is 10.8. The molecule has 0 saturated heterocycles. The van der Waals surface area contributed by atoms with Crippen LogP contribution in [0.4, 0.5) is 6.01 Å². The SMILES string of the molecule is NS(N)(=O)=O.Nc1nc2ccccc2o1. The van der Waals surface area contributed by atoms with Crippen molar-refractivity contribution in [1.82, 2.24) is 4.98 Å². The molecule has 1 aromatic heterocycles. The Hall–Kier alpha value is -1.64. The second kappa shape index (κ2) is 4.26. The molecule has 8 heteroatoms. The Balaban J connectivity index is 0.000000195. The molecule has 1 heterocycles. The predicted octanol–water partition coefficient (Wildman–Crippen LogP) is -0.441. The van der Waals surface area contributed by atoms with E-state index in [1.54, 1.807) is 0 Å². The largest absolute Gasteiger partial charge is 0.424 e. The molecule has 0 fully saturated rings. The number of hydrogen-bond donors (Lipinski definition) is 3. The first-order valence-corrected chi connectivity index (χ1v) is 5.39. The fourth-order valence-electron chi connectivity index (χ4n) is 0.890. The lowest BCUT2D eigenvalue weighted by Crippen LogP contribution is -2.21. The van der Waals surface area contributed by atoms with Crippen LogP contribution >= 0.6 is 0 Å². The van der Waals surface area contributed by atoms with Gasteiger partial charge in [0.05, 0.1) is 0 Å². The molecule has 0 atom stereocenters.